The monoisotopic (exact) mass is 347 g/mol. The summed E-state index contributed by atoms with van der Waals surface area (Å²) in [6.45, 7) is 3.24. The second kappa shape index (κ2) is 12.7. The van der Waals surface area contributed by atoms with Gasteiger partial charge in [-0.05, 0) is 50.4 Å². The van der Waals surface area contributed by atoms with Crippen molar-refractivity contribution in [3.8, 4) is 6.07 Å². The predicted octanol–water partition coefficient (Wildman–Crippen LogP) is 7.03. The van der Waals surface area contributed by atoms with Gasteiger partial charge >= 0.3 is 0 Å². The van der Waals surface area contributed by atoms with E-state index in [1.54, 1.807) is 0 Å². The van der Waals surface area contributed by atoms with E-state index in [0.717, 1.165) is 44.1 Å². The molecule has 0 atom stereocenters. The van der Waals surface area contributed by atoms with Gasteiger partial charge in [0, 0.05) is 12.5 Å². The summed E-state index contributed by atoms with van der Waals surface area (Å²) < 4.78 is 6.06. The van der Waals surface area contributed by atoms with E-state index < -0.39 is 0 Å². The molecule has 2 saturated carbocycles. The predicted molar refractivity (Wildman–Crippen MR) is 105 cm³/mol. The molecule has 0 aromatic carbocycles. The fraction of sp³-hybridized carbons (Fsp3) is 0.957. The Balaban J connectivity index is 1.43. The summed E-state index contributed by atoms with van der Waals surface area (Å²) in [5, 5.41) is 8.95. The highest BCUT2D eigenvalue weighted by Gasteiger charge is 2.22. The summed E-state index contributed by atoms with van der Waals surface area (Å²) in [4.78, 5) is 0. The van der Waals surface area contributed by atoms with Crippen molar-refractivity contribution < 1.29 is 4.74 Å². The smallest absolute Gasteiger partial charge is 0.0655 e. The zero-order chi connectivity index (χ0) is 17.7. The van der Waals surface area contributed by atoms with Crippen LogP contribution in [0.2, 0.25) is 0 Å². The van der Waals surface area contributed by atoms with E-state index in [2.05, 4.69) is 13.0 Å². The zero-order valence-electron chi connectivity index (χ0n) is 16.7. The number of rotatable bonds is 11. The van der Waals surface area contributed by atoms with Crippen LogP contribution in [0.15, 0.2) is 0 Å². The van der Waals surface area contributed by atoms with Gasteiger partial charge in [-0.25, -0.2) is 0 Å². The third-order valence-electron chi connectivity index (χ3n) is 6.65. The number of unbranched alkanes of at least 4 members (excludes halogenated alkanes) is 4. The van der Waals surface area contributed by atoms with Crippen LogP contribution < -0.4 is 0 Å². The average Bonchev–Trinajstić information content (AvgIpc) is 2.66. The van der Waals surface area contributed by atoms with Crippen molar-refractivity contribution >= 4 is 0 Å². The van der Waals surface area contributed by atoms with Crippen molar-refractivity contribution in [2.75, 3.05) is 6.61 Å². The van der Waals surface area contributed by atoms with Crippen molar-refractivity contribution in [3.63, 3.8) is 0 Å². The molecule has 0 radical (unpaired) electrons. The number of hydrogen-bond donors (Lipinski definition) is 0. The first kappa shape index (κ1) is 20.8. The van der Waals surface area contributed by atoms with Crippen LogP contribution in [0.1, 0.15) is 110 Å². The molecule has 0 spiro atoms. The maximum atomic E-state index is 8.95. The SMILES string of the molecule is CCCCCCC[C@H]1CC[C@H](CCCO[C@H]2CC[C@H](C#N)CC2)CC1. The molecule has 0 aromatic heterocycles. The lowest BCUT2D eigenvalue weighted by atomic mass is 9.78. The molecule has 0 N–H and O–H groups in total. The van der Waals surface area contributed by atoms with Crippen LogP contribution in [0, 0.1) is 29.1 Å². The number of nitrogens with zero attached hydrogens (tertiary/aromatic N) is 1. The summed E-state index contributed by atoms with van der Waals surface area (Å²) in [6.07, 6.45) is 21.9. The van der Waals surface area contributed by atoms with Gasteiger partial charge in [0.2, 0.25) is 0 Å². The molecular weight excluding hydrogens is 306 g/mol. The molecule has 0 aliphatic heterocycles. The average molecular weight is 348 g/mol. The summed E-state index contributed by atoms with van der Waals surface area (Å²) in [6, 6.07) is 2.40. The van der Waals surface area contributed by atoms with Crippen LogP contribution in [-0.2, 0) is 4.74 Å². The van der Waals surface area contributed by atoms with E-state index in [1.165, 1.54) is 77.0 Å². The van der Waals surface area contributed by atoms with Crippen molar-refractivity contribution in [2.24, 2.45) is 17.8 Å². The molecule has 0 aromatic rings. The van der Waals surface area contributed by atoms with E-state index in [-0.39, 0.29) is 0 Å². The lowest BCUT2D eigenvalue weighted by Gasteiger charge is -2.29. The van der Waals surface area contributed by atoms with Crippen molar-refractivity contribution in [1.29, 1.82) is 5.26 Å². The molecule has 25 heavy (non-hydrogen) atoms. The van der Waals surface area contributed by atoms with E-state index >= 15 is 0 Å². The standard InChI is InChI=1S/C23H41NO/c1-2-3-4-5-6-8-20-10-12-21(13-11-20)9-7-18-25-23-16-14-22(19-24)15-17-23/h20-23H,2-18H2,1H3/t20-,21-,22-,23-. The second-order valence-electron chi connectivity index (χ2n) is 8.71. The normalized spacial score (nSPS) is 30.1. The Morgan fingerprint density at radius 1 is 0.760 bits per heavy atom. The van der Waals surface area contributed by atoms with Crippen LogP contribution in [0.4, 0.5) is 0 Å². The molecule has 2 aliphatic rings. The molecule has 2 aliphatic carbocycles. The summed E-state index contributed by atoms with van der Waals surface area (Å²) in [5.74, 6) is 2.29. The minimum absolute atomic E-state index is 0.293. The van der Waals surface area contributed by atoms with Gasteiger partial charge in [-0.15, -0.1) is 0 Å². The lowest BCUT2D eigenvalue weighted by molar-refractivity contribution is 0.0187. The van der Waals surface area contributed by atoms with Gasteiger partial charge in [-0.3, -0.25) is 0 Å². The molecule has 0 unspecified atom stereocenters. The number of ether oxygens (including phenoxy) is 1. The van der Waals surface area contributed by atoms with Gasteiger partial charge in [-0.2, -0.15) is 5.26 Å². The fourth-order valence-electron chi connectivity index (χ4n) is 4.83. The van der Waals surface area contributed by atoms with Gasteiger partial charge in [0.05, 0.1) is 12.2 Å². The summed E-state index contributed by atoms with van der Waals surface area (Å²) in [5.41, 5.74) is 0. The molecular formula is C23H41NO. The van der Waals surface area contributed by atoms with Gasteiger partial charge in [0.1, 0.15) is 0 Å². The Kier molecular flexibility index (Phi) is 10.6. The van der Waals surface area contributed by atoms with Crippen molar-refractivity contribution in [1.82, 2.24) is 0 Å². The first-order chi connectivity index (χ1) is 12.3. The van der Waals surface area contributed by atoms with Gasteiger partial charge in [0.15, 0.2) is 0 Å². The molecule has 0 amide bonds. The lowest BCUT2D eigenvalue weighted by Crippen LogP contribution is -2.22. The Morgan fingerprint density at radius 3 is 1.96 bits per heavy atom. The van der Waals surface area contributed by atoms with Crippen LogP contribution >= 0.6 is 0 Å². The molecule has 2 heteroatoms. The third-order valence-corrected chi connectivity index (χ3v) is 6.65. The third kappa shape index (κ3) is 8.59. The molecule has 0 heterocycles. The number of hydrogen-bond acceptors (Lipinski definition) is 2. The fourth-order valence-corrected chi connectivity index (χ4v) is 4.83. The van der Waals surface area contributed by atoms with E-state index in [1.807, 2.05) is 0 Å². The quantitative estimate of drug-likeness (QED) is 0.376. The highest BCUT2D eigenvalue weighted by molar-refractivity contribution is 4.87. The second-order valence-corrected chi connectivity index (χ2v) is 8.71. The molecule has 2 rings (SSSR count). The minimum atomic E-state index is 0.293. The Labute approximate surface area is 156 Å². The van der Waals surface area contributed by atoms with Crippen LogP contribution in [0.3, 0.4) is 0 Å². The van der Waals surface area contributed by atoms with E-state index in [0.29, 0.717) is 12.0 Å². The van der Waals surface area contributed by atoms with Crippen LogP contribution in [0.25, 0.3) is 0 Å². The molecule has 2 nitrogen and oxygen atoms in total. The van der Waals surface area contributed by atoms with Gasteiger partial charge in [0.25, 0.3) is 0 Å². The maximum absolute atomic E-state index is 8.95. The summed E-state index contributed by atoms with van der Waals surface area (Å²) in [7, 11) is 0. The van der Waals surface area contributed by atoms with Crippen LogP contribution in [0.5, 0.6) is 0 Å². The topological polar surface area (TPSA) is 33.0 Å². The molecule has 0 saturated heterocycles. The van der Waals surface area contributed by atoms with Gasteiger partial charge < -0.3 is 4.74 Å². The van der Waals surface area contributed by atoms with Crippen molar-refractivity contribution in [3.05, 3.63) is 0 Å². The first-order valence-electron chi connectivity index (χ1n) is 11.3. The van der Waals surface area contributed by atoms with Crippen molar-refractivity contribution in [2.45, 2.75) is 116 Å². The molecule has 0 bridgehead atoms. The Hall–Kier alpha value is -0.550. The first-order valence-corrected chi connectivity index (χ1v) is 11.3. The highest BCUT2D eigenvalue weighted by Crippen LogP contribution is 2.34. The molecule has 2 fully saturated rings. The van der Waals surface area contributed by atoms with E-state index in [9.17, 15) is 0 Å². The zero-order valence-corrected chi connectivity index (χ0v) is 16.7. The minimum Gasteiger partial charge on any atom is -0.378 e. The van der Waals surface area contributed by atoms with Gasteiger partial charge in [-0.1, -0.05) is 71.1 Å². The van der Waals surface area contributed by atoms with Crippen LogP contribution in [-0.4, -0.2) is 12.7 Å². The summed E-state index contributed by atoms with van der Waals surface area (Å²) >= 11 is 0. The number of nitriles is 1. The highest BCUT2D eigenvalue weighted by atomic mass is 16.5. The Bertz CT molecular complexity index is 359. The maximum Gasteiger partial charge on any atom is 0.0655 e. The van der Waals surface area contributed by atoms with E-state index in [4.69, 9.17) is 10.00 Å². The largest absolute Gasteiger partial charge is 0.378 e. The molecule has 144 valence electrons. The Morgan fingerprint density at radius 2 is 1.36 bits per heavy atom.